The van der Waals surface area contributed by atoms with Gasteiger partial charge in [0.05, 0.1) is 12.0 Å². The number of nitrogens with zero attached hydrogens (tertiary/aromatic N) is 1. The lowest BCUT2D eigenvalue weighted by Crippen LogP contribution is -2.46. The Kier molecular flexibility index (Phi) is 4.93. The minimum Gasteiger partial charge on any atom is -0.359 e. The predicted octanol–water partition coefficient (Wildman–Crippen LogP) is -0.175. The van der Waals surface area contributed by atoms with E-state index < -0.39 is 0 Å². The summed E-state index contributed by atoms with van der Waals surface area (Å²) in [7, 11) is 3.37. The molecule has 0 spiro atoms. The topological polar surface area (TPSA) is 61.4 Å². The summed E-state index contributed by atoms with van der Waals surface area (Å²) in [4.78, 5) is 25.2. The highest BCUT2D eigenvalue weighted by Crippen LogP contribution is 2.16. The molecule has 0 aromatic carbocycles. The molecule has 2 amide bonds. The summed E-state index contributed by atoms with van der Waals surface area (Å²) >= 11 is 0. The lowest BCUT2D eigenvalue weighted by molar-refractivity contribution is -0.134. The molecular formula is C12H23N3O2. The van der Waals surface area contributed by atoms with Crippen LogP contribution in [0.3, 0.4) is 0 Å². The number of rotatable bonds is 4. The van der Waals surface area contributed by atoms with Crippen LogP contribution < -0.4 is 10.6 Å². The number of carbonyl (C=O) groups is 2. The molecule has 98 valence electrons. The van der Waals surface area contributed by atoms with Gasteiger partial charge in [-0.3, -0.25) is 9.59 Å². The van der Waals surface area contributed by atoms with Crippen LogP contribution in [0.25, 0.3) is 0 Å². The number of hydrogen-bond donors (Lipinski definition) is 2. The molecule has 1 heterocycles. The van der Waals surface area contributed by atoms with E-state index in [-0.39, 0.29) is 23.8 Å². The first-order valence-electron chi connectivity index (χ1n) is 6.17. The first-order valence-corrected chi connectivity index (χ1v) is 6.17. The first-order chi connectivity index (χ1) is 7.97. The minimum absolute atomic E-state index is 0.0305. The van der Waals surface area contributed by atoms with Gasteiger partial charge < -0.3 is 15.5 Å². The van der Waals surface area contributed by atoms with Gasteiger partial charge in [-0.05, 0) is 18.9 Å². The third-order valence-corrected chi connectivity index (χ3v) is 3.42. The summed E-state index contributed by atoms with van der Waals surface area (Å²) < 4.78 is 0. The normalized spacial score (nSPS) is 25.4. The van der Waals surface area contributed by atoms with E-state index in [1.165, 1.54) is 0 Å². The van der Waals surface area contributed by atoms with Gasteiger partial charge in [-0.1, -0.05) is 13.8 Å². The van der Waals surface area contributed by atoms with Crippen LogP contribution in [0, 0.1) is 11.8 Å². The van der Waals surface area contributed by atoms with Gasteiger partial charge in [0, 0.05) is 20.6 Å². The summed E-state index contributed by atoms with van der Waals surface area (Å²) in [6.45, 7) is 5.27. The number of hydrogen-bond acceptors (Lipinski definition) is 3. The van der Waals surface area contributed by atoms with E-state index in [2.05, 4.69) is 17.6 Å². The minimum atomic E-state index is -0.175. The van der Waals surface area contributed by atoms with Gasteiger partial charge >= 0.3 is 0 Å². The van der Waals surface area contributed by atoms with Crippen LogP contribution in [-0.2, 0) is 9.59 Å². The average molecular weight is 241 g/mol. The van der Waals surface area contributed by atoms with Gasteiger partial charge in [0.2, 0.25) is 11.8 Å². The fourth-order valence-electron chi connectivity index (χ4n) is 2.23. The zero-order valence-electron chi connectivity index (χ0n) is 11.1. The van der Waals surface area contributed by atoms with E-state index in [0.717, 1.165) is 13.0 Å². The fourth-order valence-corrected chi connectivity index (χ4v) is 2.23. The van der Waals surface area contributed by atoms with Gasteiger partial charge in [0.25, 0.3) is 0 Å². The smallest absolute Gasteiger partial charge is 0.239 e. The van der Waals surface area contributed by atoms with Crippen molar-refractivity contribution in [3.05, 3.63) is 0 Å². The molecule has 1 fully saturated rings. The van der Waals surface area contributed by atoms with Gasteiger partial charge in [-0.25, -0.2) is 0 Å². The number of likely N-dealkylation sites (N-methyl/N-ethyl adjacent to an activating group) is 1. The van der Waals surface area contributed by atoms with Crippen LogP contribution in [0.4, 0.5) is 0 Å². The van der Waals surface area contributed by atoms with Crippen LogP contribution in [0.5, 0.6) is 0 Å². The molecule has 1 aliphatic rings. The third-order valence-electron chi connectivity index (χ3n) is 3.42. The molecule has 1 rings (SSSR count). The van der Waals surface area contributed by atoms with Gasteiger partial charge in [-0.15, -0.1) is 0 Å². The zero-order valence-corrected chi connectivity index (χ0v) is 11.1. The van der Waals surface area contributed by atoms with Crippen molar-refractivity contribution in [3.63, 3.8) is 0 Å². The monoisotopic (exact) mass is 241 g/mol. The number of nitrogens with one attached hydrogen (secondary N) is 2. The molecule has 5 heteroatoms. The maximum Gasteiger partial charge on any atom is 0.239 e. The zero-order chi connectivity index (χ0) is 13.0. The molecule has 5 nitrogen and oxygen atoms in total. The Morgan fingerprint density at radius 2 is 2.18 bits per heavy atom. The van der Waals surface area contributed by atoms with E-state index in [4.69, 9.17) is 0 Å². The molecule has 1 aliphatic heterocycles. The first kappa shape index (κ1) is 14.0. The summed E-state index contributed by atoms with van der Waals surface area (Å²) in [6.07, 6.45) is 1.04. The fraction of sp³-hybridized carbons (Fsp3) is 0.833. The molecular weight excluding hydrogens is 218 g/mol. The van der Waals surface area contributed by atoms with Gasteiger partial charge in [0.1, 0.15) is 0 Å². The summed E-state index contributed by atoms with van der Waals surface area (Å²) in [5.41, 5.74) is 0. The van der Waals surface area contributed by atoms with Crippen LogP contribution in [0.15, 0.2) is 0 Å². The van der Waals surface area contributed by atoms with Crippen molar-refractivity contribution < 1.29 is 9.59 Å². The Bertz CT molecular complexity index is 293. The second-order valence-electron chi connectivity index (χ2n) is 4.93. The highest BCUT2D eigenvalue weighted by atomic mass is 16.2. The Morgan fingerprint density at radius 3 is 2.65 bits per heavy atom. The SMILES string of the molecule is CNC(=O)C(C)CN(C)C(=O)C1NCCC1C. The van der Waals surface area contributed by atoms with E-state index in [9.17, 15) is 9.59 Å². The van der Waals surface area contributed by atoms with Crippen molar-refractivity contribution in [2.24, 2.45) is 11.8 Å². The Balaban J connectivity index is 2.49. The van der Waals surface area contributed by atoms with Crippen molar-refractivity contribution in [2.45, 2.75) is 26.3 Å². The molecule has 0 bridgehead atoms. The predicted molar refractivity (Wildman–Crippen MR) is 66.4 cm³/mol. The molecule has 0 saturated carbocycles. The number of amides is 2. The molecule has 0 aromatic heterocycles. The van der Waals surface area contributed by atoms with Crippen LogP contribution in [-0.4, -0.2) is 49.9 Å². The number of carbonyl (C=O) groups excluding carboxylic acids is 2. The van der Waals surface area contributed by atoms with Gasteiger partial charge in [-0.2, -0.15) is 0 Å². The molecule has 1 saturated heterocycles. The lowest BCUT2D eigenvalue weighted by atomic mass is 10.0. The Morgan fingerprint density at radius 1 is 1.53 bits per heavy atom. The Labute approximate surface area is 103 Å². The molecule has 3 unspecified atom stereocenters. The average Bonchev–Trinajstić information content (AvgIpc) is 2.73. The maximum absolute atomic E-state index is 12.1. The maximum atomic E-state index is 12.1. The van der Waals surface area contributed by atoms with Crippen LogP contribution in [0.1, 0.15) is 20.3 Å². The summed E-state index contributed by atoms with van der Waals surface area (Å²) in [5, 5.41) is 5.81. The standard InChI is InChI=1S/C12H23N3O2/c1-8-5-6-14-10(8)12(17)15(4)7-9(2)11(16)13-3/h8-10,14H,5-7H2,1-4H3,(H,13,16). The van der Waals surface area contributed by atoms with Crippen molar-refractivity contribution in [1.82, 2.24) is 15.5 Å². The van der Waals surface area contributed by atoms with Crippen molar-refractivity contribution in [2.75, 3.05) is 27.2 Å². The van der Waals surface area contributed by atoms with E-state index in [0.29, 0.717) is 12.5 Å². The largest absolute Gasteiger partial charge is 0.359 e. The quantitative estimate of drug-likeness (QED) is 0.718. The summed E-state index contributed by atoms with van der Waals surface area (Å²) in [5.74, 6) is 0.258. The van der Waals surface area contributed by atoms with Crippen molar-refractivity contribution in [3.8, 4) is 0 Å². The second kappa shape index (κ2) is 6.00. The molecule has 3 atom stereocenters. The summed E-state index contributed by atoms with van der Waals surface area (Å²) in [6, 6.07) is -0.0862. The van der Waals surface area contributed by atoms with Crippen LogP contribution >= 0.6 is 0 Å². The molecule has 0 aliphatic carbocycles. The van der Waals surface area contributed by atoms with Crippen molar-refractivity contribution in [1.29, 1.82) is 0 Å². The van der Waals surface area contributed by atoms with E-state index in [1.54, 1.807) is 19.0 Å². The van der Waals surface area contributed by atoms with Gasteiger partial charge in [0.15, 0.2) is 0 Å². The second-order valence-corrected chi connectivity index (χ2v) is 4.93. The van der Waals surface area contributed by atoms with Crippen LogP contribution in [0.2, 0.25) is 0 Å². The highest BCUT2D eigenvalue weighted by molar-refractivity contribution is 5.83. The molecule has 0 aromatic rings. The molecule has 17 heavy (non-hydrogen) atoms. The molecule has 2 N–H and O–H groups in total. The van der Waals surface area contributed by atoms with E-state index in [1.807, 2.05) is 6.92 Å². The highest BCUT2D eigenvalue weighted by Gasteiger charge is 2.32. The lowest BCUT2D eigenvalue weighted by Gasteiger charge is -2.25. The third kappa shape index (κ3) is 3.43. The van der Waals surface area contributed by atoms with Crippen molar-refractivity contribution >= 4 is 11.8 Å². The molecule has 0 radical (unpaired) electrons. The Hall–Kier alpha value is -1.10. The van der Waals surface area contributed by atoms with E-state index >= 15 is 0 Å².